The Balaban J connectivity index is 2.32. The van der Waals surface area contributed by atoms with E-state index in [1.807, 2.05) is 26.8 Å². The fourth-order valence-corrected chi connectivity index (χ4v) is 3.09. The molecule has 1 N–H and O–H groups in total. The maximum absolute atomic E-state index is 12.6. The van der Waals surface area contributed by atoms with E-state index in [4.69, 9.17) is 32.7 Å². The van der Waals surface area contributed by atoms with Gasteiger partial charge in [0.25, 0.3) is 5.91 Å². The monoisotopic (exact) mass is 381 g/mol. The lowest BCUT2D eigenvalue weighted by Gasteiger charge is -2.15. The molecule has 0 atom stereocenters. The van der Waals surface area contributed by atoms with Gasteiger partial charge in [0.15, 0.2) is 11.5 Å². The lowest BCUT2D eigenvalue weighted by Crippen LogP contribution is -2.14. The number of methoxy groups -OCH3 is 1. The average molecular weight is 382 g/mol. The summed E-state index contributed by atoms with van der Waals surface area (Å²) in [6.07, 6.45) is 0.840. The van der Waals surface area contributed by atoms with E-state index in [9.17, 15) is 4.79 Å². The number of halogens is 2. The first-order valence-electron chi connectivity index (χ1n) is 7.95. The Labute approximate surface area is 158 Å². The average Bonchev–Trinajstić information content (AvgIpc) is 2.56. The van der Waals surface area contributed by atoms with Gasteiger partial charge in [0.05, 0.1) is 29.4 Å². The molecule has 2 aromatic rings. The highest BCUT2D eigenvalue weighted by atomic mass is 35.5. The molecule has 0 unspecified atom stereocenters. The second-order valence-electron chi connectivity index (χ2n) is 5.73. The third kappa shape index (κ3) is 4.59. The van der Waals surface area contributed by atoms with Crippen LogP contribution in [0.15, 0.2) is 24.3 Å². The van der Waals surface area contributed by atoms with Crippen molar-refractivity contribution in [2.75, 3.05) is 19.0 Å². The number of hydrogen-bond donors (Lipinski definition) is 1. The first-order valence-corrected chi connectivity index (χ1v) is 8.71. The van der Waals surface area contributed by atoms with E-state index in [1.54, 1.807) is 18.2 Å². The lowest BCUT2D eigenvalue weighted by atomic mass is 10.1. The topological polar surface area (TPSA) is 47.6 Å². The van der Waals surface area contributed by atoms with Gasteiger partial charge in [-0.25, -0.2) is 0 Å². The molecule has 6 heteroatoms. The van der Waals surface area contributed by atoms with Crippen molar-refractivity contribution in [2.45, 2.75) is 27.2 Å². The molecule has 0 aliphatic carbocycles. The zero-order valence-electron chi connectivity index (χ0n) is 14.7. The minimum atomic E-state index is -0.323. The van der Waals surface area contributed by atoms with Gasteiger partial charge in [-0.2, -0.15) is 0 Å². The Bertz CT molecular complexity index is 767. The smallest absolute Gasteiger partial charge is 0.255 e. The number of benzene rings is 2. The third-order valence-electron chi connectivity index (χ3n) is 3.61. The van der Waals surface area contributed by atoms with Crippen molar-refractivity contribution < 1.29 is 14.3 Å². The zero-order chi connectivity index (χ0) is 18.6. The highest BCUT2D eigenvalue weighted by Crippen LogP contribution is 2.37. The van der Waals surface area contributed by atoms with E-state index in [0.717, 1.165) is 17.5 Å². The fourth-order valence-electron chi connectivity index (χ4n) is 2.45. The van der Waals surface area contributed by atoms with Crippen LogP contribution >= 0.6 is 23.2 Å². The van der Waals surface area contributed by atoms with Gasteiger partial charge in [0, 0.05) is 5.56 Å². The Morgan fingerprint density at radius 3 is 2.44 bits per heavy atom. The predicted octanol–water partition coefficient (Wildman–Crippen LogP) is 5.66. The molecule has 25 heavy (non-hydrogen) atoms. The minimum Gasteiger partial charge on any atom is -0.493 e. The molecule has 0 aromatic heterocycles. The van der Waals surface area contributed by atoms with Gasteiger partial charge in [-0.3, -0.25) is 4.79 Å². The highest BCUT2D eigenvalue weighted by molar-refractivity contribution is 6.34. The van der Waals surface area contributed by atoms with Gasteiger partial charge >= 0.3 is 0 Å². The summed E-state index contributed by atoms with van der Waals surface area (Å²) in [5, 5.41) is 3.65. The van der Waals surface area contributed by atoms with Gasteiger partial charge in [-0.15, -0.1) is 0 Å². The first-order chi connectivity index (χ1) is 11.9. The number of rotatable bonds is 6. The van der Waals surface area contributed by atoms with Crippen LogP contribution in [0.5, 0.6) is 11.5 Å². The summed E-state index contributed by atoms with van der Waals surface area (Å²) < 4.78 is 10.9. The molecule has 1 amide bonds. The molecule has 0 radical (unpaired) electrons. The van der Waals surface area contributed by atoms with Gasteiger partial charge in [0.1, 0.15) is 0 Å². The van der Waals surface area contributed by atoms with Crippen LogP contribution in [0.3, 0.4) is 0 Å². The summed E-state index contributed by atoms with van der Waals surface area (Å²) in [6, 6.07) is 6.92. The second-order valence-corrected chi connectivity index (χ2v) is 6.55. The van der Waals surface area contributed by atoms with E-state index in [0.29, 0.717) is 39.4 Å². The Kier molecular flexibility index (Phi) is 6.57. The fraction of sp³-hybridized carbons (Fsp3) is 0.316. The predicted molar refractivity (Wildman–Crippen MR) is 103 cm³/mol. The van der Waals surface area contributed by atoms with Gasteiger partial charge in [-0.1, -0.05) is 36.2 Å². The van der Waals surface area contributed by atoms with E-state index >= 15 is 0 Å². The van der Waals surface area contributed by atoms with Crippen molar-refractivity contribution in [3.8, 4) is 11.5 Å². The van der Waals surface area contributed by atoms with Crippen molar-refractivity contribution in [3.05, 3.63) is 51.0 Å². The van der Waals surface area contributed by atoms with Crippen molar-refractivity contribution in [3.63, 3.8) is 0 Å². The van der Waals surface area contributed by atoms with Crippen LogP contribution in [0.25, 0.3) is 0 Å². The molecule has 0 saturated heterocycles. The number of ether oxygens (including phenoxy) is 2. The quantitative estimate of drug-likeness (QED) is 0.701. The molecule has 0 saturated carbocycles. The van der Waals surface area contributed by atoms with E-state index in [1.165, 1.54) is 7.11 Å². The van der Waals surface area contributed by atoms with Crippen LogP contribution in [-0.4, -0.2) is 19.6 Å². The van der Waals surface area contributed by atoms with Crippen molar-refractivity contribution in [1.82, 2.24) is 0 Å². The van der Waals surface area contributed by atoms with Crippen LogP contribution in [0, 0.1) is 13.8 Å². The summed E-state index contributed by atoms with van der Waals surface area (Å²) >= 11 is 12.5. The zero-order valence-corrected chi connectivity index (χ0v) is 16.2. The van der Waals surface area contributed by atoms with Crippen molar-refractivity contribution in [2.24, 2.45) is 0 Å². The number of anilines is 1. The molecule has 0 fully saturated rings. The molecule has 134 valence electrons. The largest absolute Gasteiger partial charge is 0.493 e. The summed E-state index contributed by atoms with van der Waals surface area (Å²) in [6.45, 7) is 6.35. The SMILES string of the molecule is CCCOc1c(Cl)cc(C(=O)Nc2c(C)cc(C)cc2Cl)cc1OC. The van der Waals surface area contributed by atoms with Gasteiger partial charge < -0.3 is 14.8 Å². The lowest BCUT2D eigenvalue weighted by molar-refractivity contribution is 0.102. The maximum atomic E-state index is 12.6. The summed E-state index contributed by atoms with van der Waals surface area (Å²) in [5.41, 5.74) is 2.86. The third-order valence-corrected chi connectivity index (χ3v) is 4.19. The number of nitrogens with one attached hydrogen (secondary N) is 1. The van der Waals surface area contributed by atoms with Crippen LogP contribution in [-0.2, 0) is 0 Å². The van der Waals surface area contributed by atoms with Crippen LogP contribution < -0.4 is 14.8 Å². The molecular weight excluding hydrogens is 361 g/mol. The van der Waals surface area contributed by atoms with Crippen LogP contribution in [0.4, 0.5) is 5.69 Å². The van der Waals surface area contributed by atoms with E-state index < -0.39 is 0 Å². The Morgan fingerprint density at radius 1 is 1.12 bits per heavy atom. The van der Waals surface area contributed by atoms with Gasteiger partial charge in [0.2, 0.25) is 0 Å². The van der Waals surface area contributed by atoms with Crippen molar-refractivity contribution >= 4 is 34.8 Å². The first kappa shape index (κ1) is 19.4. The minimum absolute atomic E-state index is 0.323. The molecule has 4 nitrogen and oxygen atoms in total. The van der Waals surface area contributed by atoms with Crippen LogP contribution in [0.2, 0.25) is 10.0 Å². The number of aryl methyl sites for hydroxylation is 2. The Hall–Kier alpha value is -1.91. The molecule has 0 aliphatic heterocycles. The number of carbonyl (C=O) groups is 1. The summed E-state index contributed by atoms with van der Waals surface area (Å²) in [5.74, 6) is 0.529. The maximum Gasteiger partial charge on any atom is 0.255 e. The molecule has 0 aliphatic rings. The summed E-state index contributed by atoms with van der Waals surface area (Å²) in [4.78, 5) is 12.6. The molecule has 0 spiro atoms. The van der Waals surface area contributed by atoms with E-state index in [2.05, 4.69) is 5.32 Å². The molecule has 2 rings (SSSR count). The molecular formula is C19H21Cl2NO3. The number of hydrogen-bond acceptors (Lipinski definition) is 3. The molecule has 0 heterocycles. The number of amides is 1. The normalized spacial score (nSPS) is 10.5. The molecule has 0 bridgehead atoms. The van der Waals surface area contributed by atoms with Gasteiger partial charge in [-0.05, 0) is 49.6 Å². The van der Waals surface area contributed by atoms with Crippen LogP contribution in [0.1, 0.15) is 34.8 Å². The number of carbonyl (C=O) groups excluding carboxylic acids is 1. The standard InChI is InChI=1S/C19H21Cl2NO3/c1-5-6-25-18-15(21)9-13(10-16(18)24-4)19(23)22-17-12(3)7-11(2)8-14(17)20/h7-10H,5-6H2,1-4H3,(H,22,23). The summed E-state index contributed by atoms with van der Waals surface area (Å²) in [7, 11) is 1.51. The Morgan fingerprint density at radius 2 is 1.84 bits per heavy atom. The van der Waals surface area contributed by atoms with E-state index in [-0.39, 0.29) is 5.91 Å². The highest BCUT2D eigenvalue weighted by Gasteiger charge is 2.17. The second kappa shape index (κ2) is 8.45. The molecule has 2 aromatic carbocycles. The van der Waals surface area contributed by atoms with Crippen molar-refractivity contribution in [1.29, 1.82) is 0 Å².